The molecular weight excluding hydrogens is 294 g/mol. The second kappa shape index (κ2) is 7.67. The van der Waals surface area contributed by atoms with Crippen molar-refractivity contribution < 1.29 is 14.1 Å². The molecule has 0 aliphatic rings. The van der Waals surface area contributed by atoms with Gasteiger partial charge in [-0.25, -0.2) is 4.79 Å². The number of ether oxygens (including phenoxy) is 1. The maximum absolute atomic E-state index is 12.1. The number of urea groups is 1. The van der Waals surface area contributed by atoms with Crippen LogP contribution in [0, 0.1) is 0 Å². The lowest BCUT2D eigenvalue weighted by Gasteiger charge is -2.21. The van der Waals surface area contributed by atoms with E-state index in [-0.39, 0.29) is 12.1 Å². The average Bonchev–Trinajstić information content (AvgIpc) is 3.00. The third-order valence-corrected chi connectivity index (χ3v) is 3.37. The Balaban J connectivity index is 2.07. The quantitative estimate of drug-likeness (QED) is 0.887. The lowest BCUT2D eigenvalue weighted by molar-refractivity contribution is 0.194. The molecule has 0 aliphatic carbocycles. The summed E-state index contributed by atoms with van der Waals surface area (Å²) in [6, 6.07) is 9.41. The minimum absolute atomic E-state index is 0.100. The zero-order chi connectivity index (χ0) is 16.8. The van der Waals surface area contributed by atoms with E-state index < -0.39 is 0 Å². The second-order valence-corrected chi connectivity index (χ2v) is 5.53. The van der Waals surface area contributed by atoms with Gasteiger partial charge in [-0.15, -0.1) is 0 Å². The number of hydrogen-bond donors (Lipinski definition) is 1. The van der Waals surface area contributed by atoms with E-state index >= 15 is 0 Å². The standard InChI is InChI=1S/C17H23N3O3/c1-5-20(17(21)18-12(2)3)11-14-10-16(23-19-14)13-6-8-15(22-4)9-7-13/h6-10,12H,5,11H2,1-4H3,(H,18,21). The maximum Gasteiger partial charge on any atom is 0.317 e. The zero-order valence-corrected chi connectivity index (χ0v) is 14.0. The SMILES string of the molecule is CCN(Cc1cc(-c2ccc(OC)cc2)on1)C(=O)NC(C)C. The first-order chi connectivity index (χ1) is 11.0. The molecule has 1 aromatic carbocycles. The monoisotopic (exact) mass is 317 g/mol. The fourth-order valence-electron chi connectivity index (χ4n) is 2.14. The van der Waals surface area contributed by atoms with Crippen LogP contribution in [0.1, 0.15) is 26.5 Å². The first-order valence-corrected chi connectivity index (χ1v) is 7.69. The molecule has 2 rings (SSSR count). The first kappa shape index (κ1) is 16.9. The summed E-state index contributed by atoms with van der Waals surface area (Å²) in [5.41, 5.74) is 1.64. The van der Waals surface area contributed by atoms with Gasteiger partial charge < -0.3 is 19.5 Å². The van der Waals surface area contributed by atoms with E-state index in [0.29, 0.717) is 18.8 Å². The Bertz CT molecular complexity index is 635. The third-order valence-electron chi connectivity index (χ3n) is 3.37. The molecular formula is C17H23N3O3. The van der Waals surface area contributed by atoms with E-state index in [4.69, 9.17) is 9.26 Å². The van der Waals surface area contributed by atoms with Crippen LogP contribution in [-0.2, 0) is 6.54 Å². The predicted molar refractivity (Wildman–Crippen MR) is 88.2 cm³/mol. The van der Waals surface area contributed by atoms with E-state index in [1.165, 1.54) is 0 Å². The minimum Gasteiger partial charge on any atom is -0.497 e. The summed E-state index contributed by atoms with van der Waals surface area (Å²) in [6.45, 7) is 6.82. The molecule has 0 unspecified atom stereocenters. The van der Waals surface area contributed by atoms with Crippen LogP contribution >= 0.6 is 0 Å². The second-order valence-electron chi connectivity index (χ2n) is 5.53. The van der Waals surface area contributed by atoms with Gasteiger partial charge in [-0.05, 0) is 45.0 Å². The number of nitrogens with zero attached hydrogens (tertiary/aromatic N) is 2. The molecule has 2 amide bonds. The summed E-state index contributed by atoms with van der Waals surface area (Å²) in [7, 11) is 1.63. The molecule has 6 nitrogen and oxygen atoms in total. The lowest BCUT2D eigenvalue weighted by atomic mass is 10.1. The van der Waals surface area contributed by atoms with Crippen molar-refractivity contribution in [3.05, 3.63) is 36.0 Å². The van der Waals surface area contributed by atoms with Crippen LogP contribution < -0.4 is 10.1 Å². The van der Waals surface area contributed by atoms with Crippen molar-refractivity contribution in [1.29, 1.82) is 0 Å². The summed E-state index contributed by atoms with van der Waals surface area (Å²) in [5.74, 6) is 1.46. The highest BCUT2D eigenvalue weighted by Gasteiger charge is 2.15. The smallest absolute Gasteiger partial charge is 0.317 e. The molecule has 0 fully saturated rings. The summed E-state index contributed by atoms with van der Waals surface area (Å²) >= 11 is 0. The number of nitrogens with one attached hydrogen (secondary N) is 1. The fraction of sp³-hybridized carbons (Fsp3) is 0.412. The van der Waals surface area contributed by atoms with E-state index in [1.807, 2.05) is 51.1 Å². The van der Waals surface area contributed by atoms with Crippen LogP contribution in [-0.4, -0.2) is 35.8 Å². The fourth-order valence-corrected chi connectivity index (χ4v) is 2.14. The van der Waals surface area contributed by atoms with Crippen molar-refractivity contribution in [2.24, 2.45) is 0 Å². The third kappa shape index (κ3) is 4.48. The van der Waals surface area contributed by atoms with E-state index in [0.717, 1.165) is 17.0 Å². The Morgan fingerprint density at radius 3 is 2.61 bits per heavy atom. The highest BCUT2D eigenvalue weighted by atomic mass is 16.5. The van der Waals surface area contributed by atoms with Crippen LogP contribution in [0.15, 0.2) is 34.9 Å². The summed E-state index contributed by atoms with van der Waals surface area (Å²) in [5, 5.41) is 6.94. The van der Waals surface area contributed by atoms with Crippen molar-refractivity contribution in [3.8, 4) is 17.1 Å². The van der Waals surface area contributed by atoms with Gasteiger partial charge in [0.1, 0.15) is 11.4 Å². The molecule has 0 atom stereocenters. The molecule has 0 aliphatic heterocycles. The molecule has 6 heteroatoms. The molecule has 2 aromatic rings. The Morgan fingerprint density at radius 1 is 1.35 bits per heavy atom. The molecule has 1 N–H and O–H groups in total. The van der Waals surface area contributed by atoms with E-state index in [1.54, 1.807) is 12.0 Å². The van der Waals surface area contributed by atoms with Gasteiger partial charge >= 0.3 is 6.03 Å². The van der Waals surface area contributed by atoms with Crippen molar-refractivity contribution in [1.82, 2.24) is 15.4 Å². The van der Waals surface area contributed by atoms with E-state index in [2.05, 4.69) is 10.5 Å². The number of methoxy groups -OCH3 is 1. The molecule has 23 heavy (non-hydrogen) atoms. The Morgan fingerprint density at radius 2 is 2.04 bits per heavy atom. The largest absolute Gasteiger partial charge is 0.497 e. The van der Waals surface area contributed by atoms with Crippen molar-refractivity contribution in [2.75, 3.05) is 13.7 Å². The summed E-state index contributed by atoms with van der Waals surface area (Å²) in [4.78, 5) is 13.8. The summed E-state index contributed by atoms with van der Waals surface area (Å²) < 4.78 is 10.5. The molecule has 0 bridgehead atoms. The predicted octanol–water partition coefficient (Wildman–Crippen LogP) is 3.29. The van der Waals surface area contributed by atoms with Gasteiger partial charge in [0.25, 0.3) is 0 Å². The van der Waals surface area contributed by atoms with Gasteiger partial charge in [0.05, 0.1) is 13.7 Å². The number of benzene rings is 1. The number of amides is 2. The van der Waals surface area contributed by atoms with Crippen LogP contribution in [0.25, 0.3) is 11.3 Å². The van der Waals surface area contributed by atoms with Crippen LogP contribution in [0.4, 0.5) is 4.79 Å². The van der Waals surface area contributed by atoms with Gasteiger partial charge in [0.15, 0.2) is 5.76 Å². The Labute approximate surface area is 136 Å². The van der Waals surface area contributed by atoms with Gasteiger partial charge in [0.2, 0.25) is 0 Å². The number of carbonyl (C=O) groups is 1. The Hall–Kier alpha value is -2.50. The van der Waals surface area contributed by atoms with Gasteiger partial charge in [0, 0.05) is 24.2 Å². The molecule has 1 aromatic heterocycles. The Kier molecular flexibility index (Phi) is 5.62. The van der Waals surface area contributed by atoms with Crippen molar-refractivity contribution >= 4 is 6.03 Å². The van der Waals surface area contributed by atoms with Crippen LogP contribution in [0.5, 0.6) is 5.75 Å². The molecule has 0 saturated heterocycles. The number of aromatic nitrogens is 1. The zero-order valence-electron chi connectivity index (χ0n) is 14.0. The summed E-state index contributed by atoms with van der Waals surface area (Å²) in [6.07, 6.45) is 0. The lowest BCUT2D eigenvalue weighted by Crippen LogP contribution is -2.42. The molecule has 0 radical (unpaired) electrons. The van der Waals surface area contributed by atoms with Crippen LogP contribution in [0.3, 0.4) is 0 Å². The average molecular weight is 317 g/mol. The highest BCUT2D eigenvalue weighted by Crippen LogP contribution is 2.23. The van der Waals surface area contributed by atoms with E-state index in [9.17, 15) is 4.79 Å². The van der Waals surface area contributed by atoms with Gasteiger partial charge in [-0.3, -0.25) is 0 Å². The van der Waals surface area contributed by atoms with Gasteiger partial charge in [-0.2, -0.15) is 0 Å². The number of carbonyl (C=O) groups excluding carboxylic acids is 1. The number of hydrogen-bond acceptors (Lipinski definition) is 4. The highest BCUT2D eigenvalue weighted by molar-refractivity contribution is 5.74. The van der Waals surface area contributed by atoms with Crippen LogP contribution in [0.2, 0.25) is 0 Å². The number of rotatable bonds is 6. The first-order valence-electron chi connectivity index (χ1n) is 7.69. The van der Waals surface area contributed by atoms with Crippen molar-refractivity contribution in [3.63, 3.8) is 0 Å². The molecule has 124 valence electrons. The topological polar surface area (TPSA) is 67.6 Å². The normalized spacial score (nSPS) is 10.7. The van der Waals surface area contributed by atoms with Gasteiger partial charge in [-0.1, -0.05) is 5.16 Å². The van der Waals surface area contributed by atoms with Crippen molar-refractivity contribution in [2.45, 2.75) is 33.4 Å². The molecule has 0 spiro atoms. The molecule has 0 saturated carbocycles. The maximum atomic E-state index is 12.1. The minimum atomic E-state index is -0.100. The molecule has 1 heterocycles.